The predicted octanol–water partition coefficient (Wildman–Crippen LogP) is 3.68. The molecule has 0 spiro atoms. The van der Waals surface area contributed by atoms with Crippen molar-refractivity contribution in [1.82, 2.24) is 9.21 Å². The second kappa shape index (κ2) is 8.61. The zero-order valence-electron chi connectivity index (χ0n) is 14.7. The molecule has 148 valence electrons. The smallest absolute Gasteiger partial charge is 0.246 e. The largest absolute Gasteiger partial charge is 0.337 e. The van der Waals surface area contributed by atoms with E-state index in [-0.39, 0.29) is 52.8 Å². The summed E-state index contributed by atoms with van der Waals surface area (Å²) in [5.41, 5.74) is 0.572. The molecule has 1 heterocycles. The Balaban J connectivity index is 1.66. The SMILES string of the molecule is O=C(/C=C/c1cccc(F)c1)N1CCN(S(=O)(=O)c2c(Cl)cccc2Cl)CC1. The lowest BCUT2D eigenvalue weighted by atomic mass is 10.2. The van der Waals surface area contributed by atoms with Gasteiger partial charge in [0.25, 0.3) is 0 Å². The van der Waals surface area contributed by atoms with Crippen LogP contribution >= 0.6 is 23.2 Å². The zero-order valence-corrected chi connectivity index (χ0v) is 17.0. The summed E-state index contributed by atoms with van der Waals surface area (Å²) >= 11 is 12.1. The van der Waals surface area contributed by atoms with Gasteiger partial charge in [-0.1, -0.05) is 41.4 Å². The lowest BCUT2D eigenvalue weighted by Crippen LogP contribution is -2.50. The van der Waals surface area contributed by atoms with E-state index in [1.54, 1.807) is 18.2 Å². The third-order valence-electron chi connectivity index (χ3n) is 4.33. The number of amides is 1. The Morgan fingerprint density at radius 2 is 1.61 bits per heavy atom. The highest BCUT2D eigenvalue weighted by molar-refractivity contribution is 7.89. The Labute approximate surface area is 173 Å². The normalized spacial score (nSPS) is 15.9. The second-order valence-corrected chi connectivity index (χ2v) is 8.86. The van der Waals surface area contributed by atoms with Crippen LogP contribution in [0.4, 0.5) is 4.39 Å². The van der Waals surface area contributed by atoms with Gasteiger partial charge in [0.1, 0.15) is 10.7 Å². The average Bonchev–Trinajstić information content (AvgIpc) is 2.66. The third kappa shape index (κ3) is 4.55. The third-order valence-corrected chi connectivity index (χ3v) is 7.19. The Morgan fingerprint density at radius 1 is 1.00 bits per heavy atom. The number of carbonyl (C=O) groups is 1. The average molecular weight is 443 g/mol. The maximum absolute atomic E-state index is 13.2. The fourth-order valence-corrected chi connectivity index (χ4v) is 5.40. The maximum atomic E-state index is 13.2. The lowest BCUT2D eigenvalue weighted by Gasteiger charge is -2.33. The molecule has 28 heavy (non-hydrogen) atoms. The number of carbonyl (C=O) groups excluding carboxylic acids is 1. The number of hydrogen-bond donors (Lipinski definition) is 0. The van der Waals surface area contributed by atoms with E-state index < -0.39 is 10.0 Å². The fourth-order valence-electron chi connectivity index (χ4n) is 2.89. The number of benzene rings is 2. The van der Waals surface area contributed by atoms with Crippen LogP contribution in [0.2, 0.25) is 10.0 Å². The quantitative estimate of drug-likeness (QED) is 0.678. The van der Waals surface area contributed by atoms with Crippen molar-refractivity contribution in [2.45, 2.75) is 4.90 Å². The molecule has 0 saturated carbocycles. The van der Waals surface area contributed by atoms with Crippen LogP contribution in [0, 0.1) is 5.82 Å². The second-order valence-electron chi connectivity index (χ2n) is 6.17. The highest BCUT2D eigenvalue weighted by Crippen LogP contribution is 2.31. The topological polar surface area (TPSA) is 57.7 Å². The molecule has 0 aromatic heterocycles. The van der Waals surface area contributed by atoms with E-state index in [2.05, 4.69) is 0 Å². The van der Waals surface area contributed by atoms with Crippen molar-refractivity contribution in [1.29, 1.82) is 0 Å². The zero-order chi connectivity index (χ0) is 20.3. The van der Waals surface area contributed by atoms with Crippen molar-refractivity contribution in [2.24, 2.45) is 0 Å². The Kier molecular flexibility index (Phi) is 6.40. The molecule has 0 radical (unpaired) electrons. The highest BCUT2D eigenvalue weighted by Gasteiger charge is 2.32. The van der Waals surface area contributed by atoms with E-state index in [4.69, 9.17) is 23.2 Å². The fraction of sp³-hybridized carbons (Fsp3) is 0.211. The minimum Gasteiger partial charge on any atom is -0.337 e. The van der Waals surface area contributed by atoms with Crippen LogP contribution in [-0.2, 0) is 14.8 Å². The van der Waals surface area contributed by atoms with Gasteiger partial charge in [-0.15, -0.1) is 0 Å². The number of rotatable bonds is 4. The Morgan fingerprint density at radius 3 is 2.21 bits per heavy atom. The molecule has 1 amide bonds. The molecule has 0 unspecified atom stereocenters. The molecule has 1 aliphatic rings. The number of nitrogens with zero attached hydrogens (tertiary/aromatic N) is 2. The summed E-state index contributed by atoms with van der Waals surface area (Å²) in [4.78, 5) is 13.7. The molecule has 1 saturated heterocycles. The molecule has 1 aliphatic heterocycles. The molecule has 0 aliphatic carbocycles. The summed E-state index contributed by atoms with van der Waals surface area (Å²) in [5.74, 6) is -0.649. The monoisotopic (exact) mass is 442 g/mol. The van der Waals surface area contributed by atoms with E-state index in [1.807, 2.05) is 0 Å². The van der Waals surface area contributed by atoms with Gasteiger partial charge >= 0.3 is 0 Å². The first kappa shape index (κ1) is 20.8. The van der Waals surface area contributed by atoms with Gasteiger partial charge in [-0.05, 0) is 35.9 Å². The van der Waals surface area contributed by atoms with Crippen LogP contribution in [0.3, 0.4) is 0 Å². The molecule has 5 nitrogen and oxygen atoms in total. The number of sulfonamides is 1. The summed E-state index contributed by atoms with van der Waals surface area (Å²) in [6.07, 6.45) is 2.88. The molecule has 2 aromatic rings. The Hall–Kier alpha value is -1.93. The minimum absolute atomic E-state index is 0.0593. The van der Waals surface area contributed by atoms with Gasteiger partial charge in [-0.2, -0.15) is 4.31 Å². The first-order valence-corrected chi connectivity index (χ1v) is 10.7. The molecule has 0 atom stereocenters. The predicted molar refractivity (Wildman–Crippen MR) is 107 cm³/mol. The minimum atomic E-state index is -3.86. The standard InChI is InChI=1S/C19H17Cl2FN2O3S/c20-16-5-2-6-17(21)19(16)28(26,27)24-11-9-23(10-12-24)18(25)8-7-14-3-1-4-15(22)13-14/h1-8,13H,9-12H2/b8-7+. The number of piperazine rings is 1. The van der Waals surface area contributed by atoms with E-state index in [0.717, 1.165) is 0 Å². The first-order valence-electron chi connectivity index (χ1n) is 8.46. The molecule has 2 aromatic carbocycles. The number of halogens is 3. The molecule has 1 fully saturated rings. The van der Waals surface area contributed by atoms with E-state index >= 15 is 0 Å². The summed E-state index contributed by atoms with van der Waals surface area (Å²) in [5, 5.41) is 0.119. The van der Waals surface area contributed by atoms with Gasteiger partial charge in [0.15, 0.2) is 0 Å². The summed E-state index contributed by atoms with van der Waals surface area (Å²) in [6, 6.07) is 10.4. The van der Waals surface area contributed by atoms with Gasteiger partial charge < -0.3 is 4.90 Å². The van der Waals surface area contributed by atoms with Gasteiger partial charge in [0.05, 0.1) is 10.0 Å². The van der Waals surface area contributed by atoms with Gasteiger partial charge in [0.2, 0.25) is 15.9 Å². The molecular weight excluding hydrogens is 426 g/mol. The lowest BCUT2D eigenvalue weighted by molar-refractivity contribution is -0.127. The van der Waals surface area contributed by atoms with Crippen molar-refractivity contribution >= 4 is 45.2 Å². The van der Waals surface area contributed by atoms with Crippen LogP contribution in [0.15, 0.2) is 53.4 Å². The van der Waals surface area contributed by atoms with Crippen molar-refractivity contribution in [3.05, 3.63) is 70.0 Å². The van der Waals surface area contributed by atoms with Crippen LogP contribution in [0.25, 0.3) is 6.08 Å². The number of hydrogen-bond acceptors (Lipinski definition) is 3. The molecule has 0 N–H and O–H groups in total. The van der Waals surface area contributed by atoms with Crippen molar-refractivity contribution in [2.75, 3.05) is 26.2 Å². The van der Waals surface area contributed by atoms with Crippen molar-refractivity contribution in [3.8, 4) is 0 Å². The van der Waals surface area contributed by atoms with Crippen LogP contribution in [0.1, 0.15) is 5.56 Å². The van der Waals surface area contributed by atoms with Crippen LogP contribution < -0.4 is 0 Å². The van der Waals surface area contributed by atoms with Gasteiger partial charge in [-0.3, -0.25) is 4.79 Å². The molecule has 3 rings (SSSR count). The van der Waals surface area contributed by atoms with E-state index in [1.165, 1.54) is 45.6 Å². The first-order chi connectivity index (χ1) is 13.3. The molecule has 0 bridgehead atoms. The molecule has 9 heteroatoms. The van der Waals surface area contributed by atoms with Crippen LogP contribution in [-0.4, -0.2) is 49.7 Å². The Bertz CT molecular complexity index is 999. The van der Waals surface area contributed by atoms with E-state index in [9.17, 15) is 17.6 Å². The van der Waals surface area contributed by atoms with Gasteiger partial charge in [0, 0.05) is 32.3 Å². The molecular formula is C19H17Cl2FN2O3S. The van der Waals surface area contributed by atoms with E-state index in [0.29, 0.717) is 5.56 Å². The van der Waals surface area contributed by atoms with Gasteiger partial charge in [-0.25, -0.2) is 12.8 Å². The van der Waals surface area contributed by atoms with Crippen molar-refractivity contribution < 1.29 is 17.6 Å². The van der Waals surface area contributed by atoms with Crippen LogP contribution in [0.5, 0.6) is 0 Å². The summed E-state index contributed by atoms with van der Waals surface area (Å²) < 4.78 is 40.2. The maximum Gasteiger partial charge on any atom is 0.246 e. The van der Waals surface area contributed by atoms with Crippen molar-refractivity contribution in [3.63, 3.8) is 0 Å². The summed E-state index contributed by atoms with van der Waals surface area (Å²) in [6.45, 7) is 0.716. The summed E-state index contributed by atoms with van der Waals surface area (Å²) in [7, 11) is -3.86. The highest BCUT2D eigenvalue weighted by atomic mass is 35.5.